The van der Waals surface area contributed by atoms with E-state index in [9.17, 15) is 4.39 Å². The van der Waals surface area contributed by atoms with Gasteiger partial charge in [0, 0.05) is 12.2 Å². The average Bonchev–Trinajstić information content (AvgIpc) is 2.40. The minimum absolute atomic E-state index is 0.157. The summed E-state index contributed by atoms with van der Waals surface area (Å²) < 4.78 is 13.3. The standard InChI is InChI=1S/C16H17ClFN/c1-11(2)13-4-6-14(7-5-13)19-10-12-3-8-15(17)16(18)9-12/h3-9,11,19H,10H2,1-2H3. The van der Waals surface area contributed by atoms with E-state index in [0.29, 0.717) is 12.5 Å². The van der Waals surface area contributed by atoms with E-state index < -0.39 is 0 Å². The van der Waals surface area contributed by atoms with E-state index in [1.165, 1.54) is 11.6 Å². The van der Waals surface area contributed by atoms with Crippen LogP contribution in [0, 0.1) is 5.82 Å². The Kier molecular flexibility index (Phi) is 4.43. The average molecular weight is 278 g/mol. The predicted molar refractivity (Wildman–Crippen MR) is 79.3 cm³/mol. The van der Waals surface area contributed by atoms with Gasteiger partial charge in [-0.15, -0.1) is 0 Å². The van der Waals surface area contributed by atoms with Gasteiger partial charge < -0.3 is 5.32 Å². The third-order valence-electron chi connectivity index (χ3n) is 3.06. The van der Waals surface area contributed by atoms with Crippen LogP contribution in [-0.2, 0) is 6.54 Å². The van der Waals surface area contributed by atoms with Gasteiger partial charge in [-0.1, -0.05) is 43.6 Å². The summed E-state index contributed by atoms with van der Waals surface area (Å²) in [5, 5.41) is 3.42. The fourth-order valence-corrected chi connectivity index (χ4v) is 1.96. The van der Waals surface area contributed by atoms with E-state index in [2.05, 4.69) is 31.3 Å². The van der Waals surface area contributed by atoms with Gasteiger partial charge in [0.25, 0.3) is 0 Å². The summed E-state index contributed by atoms with van der Waals surface area (Å²) in [5.41, 5.74) is 3.21. The summed E-state index contributed by atoms with van der Waals surface area (Å²) in [6, 6.07) is 13.2. The molecule has 2 rings (SSSR count). The second kappa shape index (κ2) is 6.07. The summed E-state index contributed by atoms with van der Waals surface area (Å²) in [4.78, 5) is 0. The number of nitrogens with one attached hydrogen (secondary N) is 1. The smallest absolute Gasteiger partial charge is 0.142 e. The second-order valence-corrected chi connectivity index (χ2v) is 5.29. The quantitative estimate of drug-likeness (QED) is 0.808. The summed E-state index contributed by atoms with van der Waals surface area (Å²) in [6.45, 7) is 4.91. The number of rotatable bonds is 4. The van der Waals surface area contributed by atoms with Crippen molar-refractivity contribution in [2.45, 2.75) is 26.3 Å². The molecule has 0 saturated carbocycles. The molecule has 1 N–H and O–H groups in total. The Balaban J connectivity index is 2.00. The Morgan fingerprint density at radius 3 is 2.37 bits per heavy atom. The van der Waals surface area contributed by atoms with Gasteiger partial charge in [0.05, 0.1) is 5.02 Å². The lowest BCUT2D eigenvalue weighted by Crippen LogP contribution is -2.00. The molecule has 0 spiro atoms. The fraction of sp³-hybridized carbons (Fsp3) is 0.250. The molecular formula is C16H17ClFN. The third kappa shape index (κ3) is 3.71. The largest absolute Gasteiger partial charge is 0.381 e. The summed E-state index contributed by atoms with van der Waals surface area (Å²) >= 11 is 5.65. The third-order valence-corrected chi connectivity index (χ3v) is 3.36. The monoisotopic (exact) mass is 277 g/mol. The maximum atomic E-state index is 13.3. The van der Waals surface area contributed by atoms with Crippen molar-refractivity contribution in [3.63, 3.8) is 0 Å². The molecule has 2 aromatic rings. The Morgan fingerprint density at radius 1 is 1.11 bits per heavy atom. The number of benzene rings is 2. The molecule has 2 aromatic carbocycles. The highest BCUT2D eigenvalue weighted by Crippen LogP contribution is 2.19. The molecular weight excluding hydrogens is 261 g/mol. The topological polar surface area (TPSA) is 12.0 Å². The van der Waals surface area contributed by atoms with Crippen molar-refractivity contribution >= 4 is 17.3 Å². The molecule has 0 unspecified atom stereocenters. The van der Waals surface area contributed by atoms with E-state index in [1.54, 1.807) is 6.07 Å². The van der Waals surface area contributed by atoms with Gasteiger partial charge >= 0.3 is 0 Å². The zero-order chi connectivity index (χ0) is 13.8. The Bertz CT molecular complexity index is 549. The number of anilines is 1. The first kappa shape index (κ1) is 13.9. The van der Waals surface area contributed by atoms with Crippen molar-refractivity contribution in [3.05, 3.63) is 64.4 Å². The molecule has 1 nitrogen and oxygen atoms in total. The highest BCUT2D eigenvalue weighted by molar-refractivity contribution is 6.30. The molecule has 0 radical (unpaired) electrons. The van der Waals surface area contributed by atoms with Crippen molar-refractivity contribution in [3.8, 4) is 0 Å². The Hall–Kier alpha value is -1.54. The van der Waals surface area contributed by atoms with Crippen molar-refractivity contribution < 1.29 is 4.39 Å². The first-order valence-electron chi connectivity index (χ1n) is 6.34. The van der Waals surface area contributed by atoms with Crippen molar-refractivity contribution in [1.29, 1.82) is 0 Å². The lowest BCUT2D eigenvalue weighted by molar-refractivity contribution is 0.626. The van der Waals surface area contributed by atoms with Crippen molar-refractivity contribution in [2.75, 3.05) is 5.32 Å². The van der Waals surface area contributed by atoms with Gasteiger partial charge in [0.15, 0.2) is 0 Å². The fourth-order valence-electron chi connectivity index (χ4n) is 1.84. The number of halogens is 2. The van der Waals surface area contributed by atoms with E-state index in [0.717, 1.165) is 11.3 Å². The Morgan fingerprint density at radius 2 is 1.79 bits per heavy atom. The van der Waals surface area contributed by atoms with Crippen LogP contribution in [0.1, 0.15) is 30.9 Å². The van der Waals surface area contributed by atoms with E-state index in [1.807, 2.05) is 18.2 Å². The van der Waals surface area contributed by atoms with Gasteiger partial charge in [-0.2, -0.15) is 0 Å². The van der Waals surface area contributed by atoms with Crippen LogP contribution in [0.4, 0.5) is 10.1 Å². The van der Waals surface area contributed by atoms with Crippen LogP contribution in [0.15, 0.2) is 42.5 Å². The van der Waals surface area contributed by atoms with E-state index in [4.69, 9.17) is 11.6 Å². The lowest BCUT2D eigenvalue weighted by atomic mass is 10.0. The number of hydrogen-bond acceptors (Lipinski definition) is 1. The Labute approximate surface area is 118 Å². The summed E-state index contributed by atoms with van der Waals surface area (Å²) in [7, 11) is 0. The zero-order valence-electron chi connectivity index (χ0n) is 11.1. The van der Waals surface area contributed by atoms with E-state index >= 15 is 0 Å². The minimum atomic E-state index is -0.379. The van der Waals surface area contributed by atoms with Gasteiger partial charge in [0.2, 0.25) is 0 Å². The number of hydrogen-bond donors (Lipinski definition) is 1. The predicted octanol–water partition coefficient (Wildman–Crippen LogP) is 5.21. The van der Waals surface area contributed by atoms with Crippen LogP contribution >= 0.6 is 11.6 Å². The molecule has 0 bridgehead atoms. The molecule has 0 aliphatic heterocycles. The van der Waals surface area contributed by atoms with Crippen LogP contribution in [0.5, 0.6) is 0 Å². The highest BCUT2D eigenvalue weighted by atomic mass is 35.5. The molecule has 0 amide bonds. The van der Waals surface area contributed by atoms with Crippen LogP contribution in [0.25, 0.3) is 0 Å². The second-order valence-electron chi connectivity index (χ2n) is 4.88. The van der Waals surface area contributed by atoms with Crippen molar-refractivity contribution in [2.24, 2.45) is 0 Å². The van der Waals surface area contributed by atoms with Crippen LogP contribution in [0.2, 0.25) is 5.02 Å². The highest BCUT2D eigenvalue weighted by Gasteiger charge is 2.02. The van der Waals surface area contributed by atoms with Gasteiger partial charge in [-0.25, -0.2) is 4.39 Å². The molecule has 0 aliphatic carbocycles. The first-order valence-corrected chi connectivity index (χ1v) is 6.72. The van der Waals surface area contributed by atoms with Gasteiger partial charge in [-0.05, 0) is 41.3 Å². The summed E-state index contributed by atoms with van der Waals surface area (Å²) in [6.07, 6.45) is 0. The molecule has 0 saturated heterocycles. The van der Waals surface area contributed by atoms with Crippen LogP contribution < -0.4 is 5.32 Å². The molecule has 0 atom stereocenters. The molecule has 100 valence electrons. The van der Waals surface area contributed by atoms with Gasteiger partial charge in [-0.3, -0.25) is 0 Å². The maximum absolute atomic E-state index is 13.3. The zero-order valence-corrected chi connectivity index (χ0v) is 11.8. The SMILES string of the molecule is CC(C)c1ccc(NCc2ccc(Cl)c(F)c2)cc1. The molecule has 0 fully saturated rings. The molecule has 0 aromatic heterocycles. The minimum Gasteiger partial charge on any atom is -0.381 e. The van der Waals surface area contributed by atoms with E-state index in [-0.39, 0.29) is 10.8 Å². The summed E-state index contributed by atoms with van der Waals surface area (Å²) in [5.74, 6) is 0.149. The lowest BCUT2D eigenvalue weighted by Gasteiger charge is -2.09. The maximum Gasteiger partial charge on any atom is 0.142 e. The van der Waals surface area contributed by atoms with Crippen molar-refractivity contribution in [1.82, 2.24) is 0 Å². The normalized spacial score (nSPS) is 10.8. The molecule has 0 heterocycles. The molecule has 3 heteroatoms. The molecule has 19 heavy (non-hydrogen) atoms. The molecule has 0 aliphatic rings. The first-order chi connectivity index (χ1) is 9.06. The van der Waals surface area contributed by atoms with Crippen LogP contribution in [0.3, 0.4) is 0 Å². The van der Waals surface area contributed by atoms with Crippen LogP contribution in [-0.4, -0.2) is 0 Å². The van der Waals surface area contributed by atoms with Gasteiger partial charge in [0.1, 0.15) is 5.82 Å².